The molecule has 0 aliphatic heterocycles. The number of aromatic nitrogens is 4. The van der Waals surface area contributed by atoms with Crippen LogP contribution in [-0.2, 0) is 11.3 Å². The van der Waals surface area contributed by atoms with E-state index < -0.39 is 5.97 Å². The molecule has 0 fully saturated rings. The van der Waals surface area contributed by atoms with Crippen molar-refractivity contribution in [1.82, 2.24) is 19.7 Å². The van der Waals surface area contributed by atoms with Gasteiger partial charge in [-0.15, -0.1) is 0 Å². The second-order valence-electron chi connectivity index (χ2n) is 4.97. The lowest BCUT2D eigenvalue weighted by Gasteiger charge is -2.06. The number of nitrogens with zero attached hydrogens (tertiary/aromatic N) is 4. The van der Waals surface area contributed by atoms with E-state index in [1.807, 2.05) is 26.0 Å². The quantitative estimate of drug-likeness (QED) is 0.796. The summed E-state index contributed by atoms with van der Waals surface area (Å²) < 4.78 is 1.70. The van der Waals surface area contributed by atoms with Crippen LogP contribution in [0.2, 0.25) is 0 Å². The van der Waals surface area contributed by atoms with Crippen LogP contribution in [0.5, 0.6) is 0 Å². The summed E-state index contributed by atoms with van der Waals surface area (Å²) in [6, 6.07) is 5.71. The molecule has 0 aliphatic carbocycles. The Labute approximate surface area is 121 Å². The molecular weight excluding hydrogens is 268 g/mol. The standard InChI is InChI=1S/C15H14N4O2/c1-9-5-12-13(6-10(9)2)19(8-14(20)21)15(18-12)11-3-4-16-17-7-11/h3-7H,8H2,1-2H3,(H,20,21). The van der Waals surface area contributed by atoms with Crippen LogP contribution in [-0.4, -0.2) is 30.8 Å². The van der Waals surface area contributed by atoms with Gasteiger partial charge in [0.1, 0.15) is 12.4 Å². The van der Waals surface area contributed by atoms with Gasteiger partial charge in [-0.3, -0.25) is 4.79 Å². The van der Waals surface area contributed by atoms with Gasteiger partial charge in [0.15, 0.2) is 0 Å². The Balaban J connectivity index is 2.30. The van der Waals surface area contributed by atoms with Crippen molar-refractivity contribution in [2.75, 3.05) is 0 Å². The lowest BCUT2D eigenvalue weighted by molar-refractivity contribution is -0.137. The summed E-state index contributed by atoms with van der Waals surface area (Å²) in [5.41, 5.74) is 4.58. The number of aliphatic carboxylic acids is 1. The van der Waals surface area contributed by atoms with Crippen molar-refractivity contribution in [3.63, 3.8) is 0 Å². The Morgan fingerprint density at radius 1 is 1.24 bits per heavy atom. The van der Waals surface area contributed by atoms with Crippen LogP contribution < -0.4 is 0 Å². The third-order valence-corrected chi connectivity index (χ3v) is 3.50. The molecule has 3 aromatic rings. The number of carboxylic acids is 1. The molecule has 0 atom stereocenters. The Morgan fingerprint density at radius 2 is 2.00 bits per heavy atom. The van der Waals surface area contributed by atoms with Crippen molar-refractivity contribution in [2.45, 2.75) is 20.4 Å². The molecule has 0 unspecified atom stereocenters. The highest BCUT2D eigenvalue weighted by Crippen LogP contribution is 2.26. The molecule has 6 nitrogen and oxygen atoms in total. The third-order valence-electron chi connectivity index (χ3n) is 3.50. The molecule has 0 aliphatic rings. The van der Waals surface area contributed by atoms with E-state index in [1.54, 1.807) is 23.0 Å². The molecule has 1 aromatic carbocycles. The average molecular weight is 282 g/mol. The first-order chi connectivity index (χ1) is 10.1. The van der Waals surface area contributed by atoms with Crippen LogP contribution in [0.25, 0.3) is 22.4 Å². The van der Waals surface area contributed by atoms with Crippen molar-refractivity contribution >= 4 is 17.0 Å². The van der Waals surface area contributed by atoms with Gasteiger partial charge in [-0.1, -0.05) is 0 Å². The van der Waals surface area contributed by atoms with Gasteiger partial charge in [-0.25, -0.2) is 4.98 Å². The molecule has 1 N–H and O–H groups in total. The number of carbonyl (C=O) groups is 1. The normalized spacial score (nSPS) is 11.0. The second-order valence-corrected chi connectivity index (χ2v) is 4.97. The summed E-state index contributed by atoms with van der Waals surface area (Å²) in [7, 11) is 0. The molecule has 2 heterocycles. The number of aryl methyl sites for hydroxylation is 2. The molecule has 6 heteroatoms. The van der Waals surface area contributed by atoms with Crippen LogP contribution in [0.4, 0.5) is 0 Å². The van der Waals surface area contributed by atoms with Crippen molar-refractivity contribution in [1.29, 1.82) is 0 Å². The molecule has 106 valence electrons. The number of fused-ring (bicyclic) bond motifs is 1. The first-order valence-electron chi connectivity index (χ1n) is 6.52. The first-order valence-corrected chi connectivity index (χ1v) is 6.52. The number of benzene rings is 1. The Hall–Kier alpha value is -2.76. The van der Waals surface area contributed by atoms with Crippen molar-refractivity contribution in [2.24, 2.45) is 0 Å². The number of carboxylic acid groups (broad SMARTS) is 1. The van der Waals surface area contributed by atoms with E-state index in [9.17, 15) is 4.79 Å². The molecule has 0 saturated heterocycles. The minimum atomic E-state index is -0.907. The second kappa shape index (κ2) is 4.97. The van der Waals surface area contributed by atoms with Crippen molar-refractivity contribution in [3.05, 3.63) is 41.7 Å². The lowest BCUT2D eigenvalue weighted by Crippen LogP contribution is -2.10. The zero-order valence-corrected chi connectivity index (χ0v) is 11.7. The van der Waals surface area contributed by atoms with E-state index >= 15 is 0 Å². The van der Waals surface area contributed by atoms with Gasteiger partial charge < -0.3 is 9.67 Å². The SMILES string of the molecule is Cc1cc2nc(-c3ccnnc3)n(CC(=O)O)c2cc1C. The Kier molecular flexibility index (Phi) is 3.13. The summed E-state index contributed by atoms with van der Waals surface area (Å²) in [5, 5.41) is 16.7. The number of hydrogen-bond acceptors (Lipinski definition) is 4. The highest BCUT2D eigenvalue weighted by Gasteiger charge is 2.15. The van der Waals surface area contributed by atoms with Gasteiger partial charge >= 0.3 is 5.97 Å². The van der Waals surface area contributed by atoms with Gasteiger partial charge in [-0.2, -0.15) is 10.2 Å². The predicted molar refractivity (Wildman–Crippen MR) is 77.9 cm³/mol. The zero-order chi connectivity index (χ0) is 15.0. The average Bonchev–Trinajstić information content (AvgIpc) is 2.78. The summed E-state index contributed by atoms with van der Waals surface area (Å²) in [4.78, 5) is 15.7. The van der Waals surface area contributed by atoms with Crippen molar-refractivity contribution < 1.29 is 9.90 Å². The summed E-state index contributed by atoms with van der Waals surface area (Å²) in [6.07, 6.45) is 3.15. The van der Waals surface area contributed by atoms with Crippen LogP contribution in [0, 0.1) is 13.8 Å². The first kappa shape index (κ1) is 13.2. The fourth-order valence-corrected chi connectivity index (χ4v) is 2.32. The fourth-order valence-electron chi connectivity index (χ4n) is 2.32. The number of hydrogen-bond donors (Lipinski definition) is 1. The van der Waals surface area contributed by atoms with Crippen LogP contribution in [0.1, 0.15) is 11.1 Å². The minimum Gasteiger partial charge on any atom is -0.480 e. The number of imidazole rings is 1. The summed E-state index contributed by atoms with van der Waals surface area (Å²) in [6.45, 7) is 3.87. The van der Waals surface area contributed by atoms with E-state index in [-0.39, 0.29) is 6.54 Å². The molecule has 21 heavy (non-hydrogen) atoms. The van der Waals surface area contributed by atoms with Gasteiger partial charge in [0, 0.05) is 5.56 Å². The monoisotopic (exact) mass is 282 g/mol. The minimum absolute atomic E-state index is 0.142. The van der Waals surface area contributed by atoms with Gasteiger partial charge in [-0.05, 0) is 43.2 Å². The maximum Gasteiger partial charge on any atom is 0.323 e. The summed E-state index contributed by atoms with van der Waals surface area (Å²) >= 11 is 0. The fraction of sp³-hybridized carbons (Fsp3) is 0.200. The zero-order valence-electron chi connectivity index (χ0n) is 11.7. The molecule has 0 bridgehead atoms. The molecule has 0 spiro atoms. The van der Waals surface area contributed by atoms with Gasteiger partial charge in [0.05, 0.1) is 23.4 Å². The topological polar surface area (TPSA) is 80.9 Å². The highest BCUT2D eigenvalue weighted by molar-refractivity contribution is 5.84. The highest BCUT2D eigenvalue weighted by atomic mass is 16.4. The number of rotatable bonds is 3. The molecular formula is C15H14N4O2. The summed E-state index contributed by atoms with van der Waals surface area (Å²) in [5.74, 6) is -0.317. The van der Waals surface area contributed by atoms with Gasteiger partial charge in [0.2, 0.25) is 0 Å². The third kappa shape index (κ3) is 2.35. The maximum absolute atomic E-state index is 11.2. The molecule has 2 aromatic heterocycles. The van der Waals surface area contributed by atoms with Crippen LogP contribution >= 0.6 is 0 Å². The lowest BCUT2D eigenvalue weighted by atomic mass is 10.1. The van der Waals surface area contributed by atoms with E-state index in [4.69, 9.17) is 5.11 Å². The largest absolute Gasteiger partial charge is 0.480 e. The predicted octanol–water partition coefficient (Wildman–Crippen LogP) is 2.19. The van der Waals surface area contributed by atoms with E-state index in [2.05, 4.69) is 15.2 Å². The molecule has 0 saturated carbocycles. The van der Waals surface area contributed by atoms with Crippen LogP contribution in [0.3, 0.4) is 0 Å². The molecule has 0 radical (unpaired) electrons. The Bertz CT molecular complexity index is 825. The van der Waals surface area contributed by atoms with Crippen LogP contribution in [0.15, 0.2) is 30.6 Å². The smallest absolute Gasteiger partial charge is 0.323 e. The van der Waals surface area contributed by atoms with E-state index in [0.29, 0.717) is 5.82 Å². The van der Waals surface area contributed by atoms with Gasteiger partial charge in [0.25, 0.3) is 0 Å². The maximum atomic E-state index is 11.2. The van der Waals surface area contributed by atoms with Crippen molar-refractivity contribution in [3.8, 4) is 11.4 Å². The molecule has 3 rings (SSSR count). The van der Waals surface area contributed by atoms with E-state index in [1.165, 1.54) is 0 Å². The van der Waals surface area contributed by atoms with E-state index in [0.717, 1.165) is 27.7 Å². The Morgan fingerprint density at radius 3 is 2.67 bits per heavy atom. The molecule has 0 amide bonds.